The van der Waals surface area contributed by atoms with Gasteiger partial charge in [-0.2, -0.15) is 0 Å². The fourth-order valence-electron chi connectivity index (χ4n) is 1.52. The van der Waals surface area contributed by atoms with Crippen LogP contribution in [-0.4, -0.2) is 5.78 Å². The number of ketones is 1. The van der Waals surface area contributed by atoms with Crippen LogP contribution in [0.3, 0.4) is 0 Å². The van der Waals surface area contributed by atoms with Crippen molar-refractivity contribution in [3.05, 3.63) is 0 Å². The van der Waals surface area contributed by atoms with Gasteiger partial charge in [-0.3, -0.25) is 4.79 Å². The van der Waals surface area contributed by atoms with Gasteiger partial charge in [-0.15, -0.1) is 0 Å². The lowest BCUT2D eigenvalue weighted by Crippen LogP contribution is -2.13. The molecule has 0 saturated carbocycles. The Morgan fingerprint density at radius 1 is 1.08 bits per heavy atom. The summed E-state index contributed by atoms with van der Waals surface area (Å²) in [5, 5.41) is 0. The summed E-state index contributed by atoms with van der Waals surface area (Å²) in [4.78, 5) is 11.4. The Morgan fingerprint density at radius 2 is 1.62 bits per heavy atom. The highest BCUT2D eigenvalue weighted by Gasteiger charge is 2.13. The number of carbonyl (C=O) groups excluding carboxylic acids is 1. The topological polar surface area (TPSA) is 17.1 Å². The van der Waals surface area contributed by atoms with E-state index in [1.54, 1.807) is 0 Å². The van der Waals surface area contributed by atoms with E-state index in [1.807, 2.05) is 13.8 Å². The summed E-state index contributed by atoms with van der Waals surface area (Å²) in [7, 11) is 0. The van der Waals surface area contributed by atoms with Crippen LogP contribution in [0.1, 0.15) is 53.9 Å². The molecule has 0 spiro atoms. The third kappa shape index (κ3) is 5.84. The van der Waals surface area contributed by atoms with Gasteiger partial charge in [0.25, 0.3) is 0 Å². The second kappa shape index (κ2) is 6.17. The Labute approximate surface area is 82.9 Å². The van der Waals surface area contributed by atoms with Gasteiger partial charge in [0.1, 0.15) is 5.78 Å². The molecule has 0 rings (SSSR count). The molecule has 2 atom stereocenters. The minimum absolute atomic E-state index is 0.208. The summed E-state index contributed by atoms with van der Waals surface area (Å²) in [6, 6.07) is 0. The molecule has 78 valence electrons. The van der Waals surface area contributed by atoms with Crippen LogP contribution >= 0.6 is 0 Å². The van der Waals surface area contributed by atoms with Crippen molar-refractivity contribution in [3.8, 4) is 0 Å². The summed E-state index contributed by atoms with van der Waals surface area (Å²) < 4.78 is 0. The standard InChI is InChI=1S/C12H24O/c1-6-10(4)7-11(5)8-12(13)9(2)3/h9-11H,6-8H2,1-5H3. The predicted molar refractivity (Wildman–Crippen MR) is 57.7 cm³/mol. The molecule has 0 amide bonds. The molecule has 1 nitrogen and oxygen atoms in total. The van der Waals surface area contributed by atoms with Gasteiger partial charge in [0.2, 0.25) is 0 Å². The second-order valence-electron chi connectivity index (χ2n) is 4.68. The minimum Gasteiger partial charge on any atom is -0.299 e. The van der Waals surface area contributed by atoms with E-state index in [1.165, 1.54) is 12.8 Å². The third-order valence-electron chi connectivity index (χ3n) is 2.70. The summed E-state index contributed by atoms with van der Waals surface area (Å²) in [6.45, 7) is 10.6. The van der Waals surface area contributed by atoms with Crippen molar-refractivity contribution in [1.29, 1.82) is 0 Å². The summed E-state index contributed by atoms with van der Waals surface area (Å²) in [5.41, 5.74) is 0. The van der Waals surface area contributed by atoms with Gasteiger partial charge in [-0.05, 0) is 18.3 Å². The van der Waals surface area contributed by atoms with Crippen LogP contribution in [0.15, 0.2) is 0 Å². The maximum atomic E-state index is 11.4. The Morgan fingerprint density at radius 3 is 2.00 bits per heavy atom. The van der Waals surface area contributed by atoms with E-state index in [2.05, 4.69) is 20.8 Å². The maximum absolute atomic E-state index is 11.4. The molecule has 0 radical (unpaired) electrons. The maximum Gasteiger partial charge on any atom is 0.135 e. The molecule has 0 N–H and O–H groups in total. The normalized spacial score (nSPS) is 15.8. The number of rotatable bonds is 6. The van der Waals surface area contributed by atoms with Gasteiger partial charge in [0.15, 0.2) is 0 Å². The van der Waals surface area contributed by atoms with Crippen LogP contribution in [0.25, 0.3) is 0 Å². The third-order valence-corrected chi connectivity index (χ3v) is 2.70. The van der Waals surface area contributed by atoms with Gasteiger partial charge < -0.3 is 0 Å². The van der Waals surface area contributed by atoms with Gasteiger partial charge >= 0.3 is 0 Å². The molecule has 13 heavy (non-hydrogen) atoms. The first-order valence-electron chi connectivity index (χ1n) is 5.50. The average molecular weight is 184 g/mol. The zero-order valence-corrected chi connectivity index (χ0v) is 9.76. The van der Waals surface area contributed by atoms with Crippen LogP contribution in [0.5, 0.6) is 0 Å². The molecule has 0 aromatic heterocycles. The fourth-order valence-corrected chi connectivity index (χ4v) is 1.52. The summed E-state index contributed by atoms with van der Waals surface area (Å²) in [6.07, 6.45) is 3.18. The number of hydrogen-bond acceptors (Lipinski definition) is 1. The molecular weight excluding hydrogens is 160 g/mol. The Hall–Kier alpha value is -0.330. The summed E-state index contributed by atoms with van der Waals surface area (Å²) in [5.74, 6) is 1.94. The molecule has 2 unspecified atom stereocenters. The Bertz CT molecular complexity index is 149. The van der Waals surface area contributed by atoms with Crippen LogP contribution in [0.4, 0.5) is 0 Å². The predicted octanol–water partition coefficient (Wildman–Crippen LogP) is 3.67. The van der Waals surface area contributed by atoms with Crippen LogP contribution in [0, 0.1) is 17.8 Å². The molecule has 0 fully saturated rings. The van der Waals surface area contributed by atoms with Gasteiger partial charge in [-0.1, -0.05) is 41.0 Å². The van der Waals surface area contributed by atoms with E-state index in [0.717, 1.165) is 12.3 Å². The van der Waals surface area contributed by atoms with E-state index in [0.29, 0.717) is 11.7 Å². The van der Waals surface area contributed by atoms with Crippen molar-refractivity contribution in [2.45, 2.75) is 53.9 Å². The highest BCUT2D eigenvalue weighted by Crippen LogP contribution is 2.19. The largest absolute Gasteiger partial charge is 0.299 e. The minimum atomic E-state index is 0.208. The highest BCUT2D eigenvalue weighted by atomic mass is 16.1. The molecule has 0 aromatic rings. The van der Waals surface area contributed by atoms with Gasteiger partial charge in [0.05, 0.1) is 0 Å². The second-order valence-corrected chi connectivity index (χ2v) is 4.68. The first kappa shape index (κ1) is 12.7. The zero-order valence-electron chi connectivity index (χ0n) is 9.76. The van der Waals surface area contributed by atoms with E-state index in [9.17, 15) is 4.79 Å². The molecule has 1 heteroatoms. The molecule has 0 saturated heterocycles. The van der Waals surface area contributed by atoms with E-state index < -0.39 is 0 Å². The van der Waals surface area contributed by atoms with Crippen molar-refractivity contribution >= 4 is 5.78 Å². The van der Waals surface area contributed by atoms with Gasteiger partial charge in [0, 0.05) is 12.3 Å². The molecule has 0 aliphatic carbocycles. The van der Waals surface area contributed by atoms with E-state index in [4.69, 9.17) is 0 Å². The zero-order chi connectivity index (χ0) is 10.4. The van der Waals surface area contributed by atoms with Crippen molar-refractivity contribution < 1.29 is 4.79 Å². The molecule has 0 aliphatic rings. The SMILES string of the molecule is CCC(C)CC(C)CC(=O)C(C)C. The van der Waals surface area contributed by atoms with Gasteiger partial charge in [-0.25, -0.2) is 0 Å². The quantitative estimate of drug-likeness (QED) is 0.615. The summed E-state index contributed by atoms with van der Waals surface area (Å²) >= 11 is 0. The number of carbonyl (C=O) groups is 1. The van der Waals surface area contributed by atoms with E-state index >= 15 is 0 Å². The van der Waals surface area contributed by atoms with Crippen molar-refractivity contribution in [2.75, 3.05) is 0 Å². The Kier molecular flexibility index (Phi) is 6.02. The molecule has 0 heterocycles. The first-order chi connectivity index (χ1) is 5.97. The Balaban J connectivity index is 3.74. The monoisotopic (exact) mass is 184 g/mol. The highest BCUT2D eigenvalue weighted by molar-refractivity contribution is 5.80. The molecule has 0 bridgehead atoms. The number of hydrogen-bond donors (Lipinski definition) is 0. The number of Topliss-reactive ketones (excluding diaryl/α,β-unsaturated/α-hetero) is 1. The molecule has 0 aromatic carbocycles. The average Bonchev–Trinajstić information content (AvgIpc) is 2.03. The molecular formula is C12H24O. The van der Waals surface area contributed by atoms with Crippen LogP contribution in [0.2, 0.25) is 0 Å². The van der Waals surface area contributed by atoms with Crippen molar-refractivity contribution in [2.24, 2.45) is 17.8 Å². The lowest BCUT2D eigenvalue weighted by atomic mass is 9.89. The van der Waals surface area contributed by atoms with Crippen molar-refractivity contribution in [3.63, 3.8) is 0 Å². The smallest absolute Gasteiger partial charge is 0.135 e. The van der Waals surface area contributed by atoms with Crippen LogP contribution < -0.4 is 0 Å². The van der Waals surface area contributed by atoms with Crippen molar-refractivity contribution in [1.82, 2.24) is 0 Å². The van der Waals surface area contributed by atoms with E-state index in [-0.39, 0.29) is 5.92 Å². The lowest BCUT2D eigenvalue weighted by Gasteiger charge is -2.15. The fraction of sp³-hybridized carbons (Fsp3) is 0.917. The first-order valence-corrected chi connectivity index (χ1v) is 5.50. The van der Waals surface area contributed by atoms with Crippen LogP contribution in [-0.2, 0) is 4.79 Å². The lowest BCUT2D eigenvalue weighted by molar-refractivity contribution is -0.122. The molecule has 0 aliphatic heterocycles.